The van der Waals surface area contributed by atoms with E-state index in [1.165, 1.54) is 0 Å². The van der Waals surface area contributed by atoms with Crippen LogP contribution in [0.3, 0.4) is 0 Å². The van der Waals surface area contributed by atoms with Gasteiger partial charge in [-0.1, -0.05) is 6.07 Å². The molecule has 1 aromatic carbocycles. The maximum absolute atomic E-state index is 12.3. The monoisotopic (exact) mass is 383 g/mol. The molecule has 4 heterocycles. The number of cyclic esters (lactones) is 1. The average molecular weight is 383 g/mol. The van der Waals surface area contributed by atoms with Crippen molar-refractivity contribution in [3.8, 4) is 11.5 Å². The van der Waals surface area contributed by atoms with E-state index < -0.39 is 5.97 Å². The van der Waals surface area contributed by atoms with Gasteiger partial charge in [0.25, 0.3) is 0 Å². The van der Waals surface area contributed by atoms with Crippen LogP contribution in [0.2, 0.25) is 0 Å². The van der Waals surface area contributed by atoms with Gasteiger partial charge in [-0.25, -0.2) is 9.79 Å². The first-order valence-corrected chi connectivity index (χ1v) is 9.47. The Labute approximate surface area is 162 Å². The number of benzene rings is 1. The van der Waals surface area contributed by atoms with E-state index in [1.807, 2.05) is 18.2 Å². The number of nitrogens with zero attached hydrogens (tertiary/aromatic N) is 4. The molecule has 9 nitrogen and oxygen atoms in total. The topological polar surface area (TPSA) is 88.0 Å². The normalized spacial score (nSPS) is 22.7. The van der Waals surface area contributed by atoms with E-state index in [9.17, 15) is 4.79 Å². The van der Waals surface area contributed by atoms with Crippen molar-refractivity contribution in [2.45, 2.75) is 0 Å². The molecule has 146 valence electrons. The van der Waals surface area contributed by atoms with Gasteiger partial charge in [-0.15, -0.1) is 0 Å². The first kappa shape index (κ1) is 16.9. The van der Waals surface area contributed by atoms with Crippen LogP contribution < -0.4 is 14.8 Å². The minimum atomic E-state index is -0.450. The fourth-order valence-corrected chi connectivity index (χ4v) is 3.59. The molecule has 5 rings (SSSR count). The molecule has 9 heteroatoms. The molecule has 0 atom stereocenters. The number of carbonyl (C=O) groups excluding carboxylic acids is 1. The Bertz CT molecular complexity index is 886. The molecular formula is C19H21N5O4. The number of fused-ring (bicyclic) bond motifs is 1. The number of rotatable bonds is 2. The van der Waals surface area contributed by atoms with Gasteiger partial charge in [-0.2, -0.15) is 0 Å². The van der Waals surface area contributed by atoms with Crippen molar-refractivity contribution in [3.63, 3.8) is 0 Å². The van der Waals surface area contributed by atoms with Crippen molar-refractivity contribution in [1.29, 1.82) is 0 Å². The third kappa shape index (κ3) is 3.12. The van der Waals surface area contributed by atoms with Gasteiger partial charge in [0.2, 0.25) is 5.90 Å². The summed E-state index contributed by atoms with van der Waals surface area (Å²) >= 11 is 0. The van der Waals surface area contributed by atoms with Gasteiger partial charge in [-0.3, -0.25) is 4.99 Å². The van der Waals surface area contributed by atoms with Gasteiger partial charge in [0.05, 0.1) is 12.1 Å². The Morgan fingerprint density at radius 1 is 1.11 bits per heavy atom. The first-order chi connectivity index (χ1) is 13.8. The molecule has 0 aromatic heterocycles. The summed E-state index contributed by atoms with van der Waals surface area (Å²) in [6, 6.07) is 5.48. The molecule has 0 aliphatic carbocycles. The molecule has 1 saturated heterocycles. The number of ether oxygens (including phenoxy) is 3. The molecule has 0 unspecified atom stereocenters. The van der Waals surface area contributed by atoms with E-state index >= 15 is 0 Å². The summed E-state index contributed by atoms with van der Waals surface area (Å²) in [7, 11) is 0. The van der Waals surface area contributed by atoms with Crippen LogP contribution in [-0.4, -0.2) is 80.1 Å². The molecule has 1 fully saturated rings. The van der Waals surface area contributed by atoms with E-state index in [2.05, 4.69) is 25.1 Å². The van der Waals surface area contributed by atoms with Crippen molar-refractivity contribution >= 4 is 17.8 Å². The summed E-state index contributed by atoms with van der Waals surface area (Å²) in [6.45, 7) is 5.97. The zero-order valence-corrected chi connectivity index (χ0v) is 15.4. The Morgan fingerprint density at radius 3 is 2.79 bits per heavy atom. The van der Waals surface area contributed by atoms with Crippen molar-refractivity contribution in [1.82, 2.24) is 15.1 Å². The Morgan fingerprint density at radius 2 is 1.96 bits per heavy atom. The molecule has 0 saturated carbocycles. The smallest absolute Gasteiger partial charge is 0.365 e. The van der Waals surface area contributed by atoms with Gasteiger partial charge in [0, 0.05) is 38.9 Å². The van der Waals surface area contributed by atoms with E-state index in [0.717, 1.165) is 45.2 Å². The lowest BCUT2D eigenvalue weighted by Crippen LogP contribution is -2.50. The Kier molecular flexibility index (Phi) is 4.27. The van der Waals surface area contributed by atoms with Gasteiger partial charge >= 0.3 is 5.97 Å². The number of piperazine rings is 1. The van der Waals surface area contributed by atoms with Crippen molar-refractivity contribution in [2.24, 2.45) is 9.98 Å². The standard InChI is InChI=1S/C19H21N5O4/c25-18-14(12-23-6-8-24(9-7-23)19-20-4-5-21-19)22-17(28-18)13-2-1-3-15-16(13)27-11-10-26-15/h1-3,12H,4-11H2,(H,20,21). The lowest BCUT2D eigenvalue weighted by molar-refractivity contribution is -0.130. The second-order valence-electron chi connectivity index (χ2n) is 6.81. The molecule has 28 heavy (non-hydrogen) atoms. The summed E-state index contributed by atoms with van der Waals surface area (Å²) in [5, 5.41) is 3.29. The molecular weight excluding hydrogens is 362 g/mol. The summed E-state index contributed by atoms with van der Waals surface area (Å²) < 4.78 is 16.7. The molecule has 0 spiro atoms. The second kappa shape index (κ2) is 7.06. The number of para-hydroxylation sites is 1. The quantitative estimate of drug-likeness (QED) is 0.576. The Hall–Kier alpha value is -3.23. The summed E-state index contributed by atoms with van der Waals surface area (Å²) in [5.74, 6) is 1.98. The van der Waals surface area contributed by atoms with Gasteiger partial charge < -0.3 is 29.3 Å². The molecule has 1 aromatic rings. The van der Waals surface area contributed by atoms with E-state index in [-0.39, 0.29) is 5.90 Å². The number of aliphatic imine (C=N–C) groups is 2. The fraction of sp³-hybridized carbons (Fsp3) is 0.421. The number of guanidine groups is 1. The van der Waals surface area contributed by atoms with E-state index in [4.69, 9.17) is 14.2 Å². The summed E-state index contributed by atoms with van der Waals surface area (Å²) in [6.07, 6.45) is 1.78. The minimum Gasteiger partial charge on any atom is -0.486 e. The van der Waals surface area contributed by atoms with E-state index in [0.29, 0.717) is 36.0 Å². The third-order valence-corrected chi connectivity index (χ3v) is 4.99. The highest BCUT2D eigenvalue weighted by Gasteiger charge is 2.30. The number of esters is 1. The number of hydrogen-bond donors (Lipinski definition) is 1. The minimum absolute atomic E-state index is 0.252. The van der Waals surface area contributed by atoms with Crippen LogP contribution >= 0.6 is 0 Å². The fourth-order valence-electron chi connectivity index (χ4n) is 3.59. The Balaban J connectivity index is 1.31. The largest absolute Gasteiger partial charge is 0.486 e. The second-order valence-corrected chi connectivity index (χ2v) is 6.81. The number of nitrogens with one attached hydrogen (secondary N) is 1. The van der Waals surface area contributed by atoms with Crippen LogP contribution in [0.4, 0.5) is 0 Å². The maximum Gasteiger partial charge on any atom is 0.365 e. The van der Waals surface area contributed by atoms with Crippen molar-refractivity contribution < 1.29 is 19.0 Å². The molecule has 0 radical (unpaired) electrons. The SMILES string of the molecule is O=C1OC(c2cccc3c2OCCO3)=NC1=CN1CCN(C2=NCCN2)CC1. The van der Waals surface area contributed by atoms with Gasteiger partial charge in [-0.05, 0) is 12.1 Å². The predicted octanol–water partition coefficient (Wildman–Crippen LogP) is 0.179. The molecule has 0 bridgehead atoms. The third-order valence-electron chi connectivity index (χ3n) is 4.99. The van der Waals surface area contributed by atoms with Crippen molar-refractivity contribution in [3.05, 3.63) is 35.7 Å². The van der Waals surface area contributed by atoms with Crippen LogP contribution in [0.5, 0.6) is 11.5 Å². The van der Waals surface area contributed by atoms with Crippen LogP contribution in [0, 0.1) is 0 Å². The van der Waals surface area contributed by atoms with E-state index in [1.54, 1.807) is 6.20 Å². The summed E-state index contributed by atoms with van der Waals surface area (Å²) in [5.41, 5.74) is 0.929. The lowest BCUT2D eigenvalue weighted by Gasteiger charge is -2.35. The highest BCUT2D eigenvalue weighted by atomic mass is 16.6. The molecule has 4 aliphatic rings. The molecule has 4 aliphatic heterocycles. The summed E-state index contributed by atoms with van der Waals surface area (Å²) in [4.78, 5) is 25.5. The zero-order chi connectivity index (χ0) is 18.9. The molecule has 1 N–H and O–H groups in total. The van der Waals surface area contributed by atoms with Gasteiger partial charge in [0.15, 0.2) is 23.2 Å². The highest BCUT2D eigenvalue weighted by molar-refractivity contribution is 6.12. The van der Waals surface area contributed by atoms with Crippen LogP contribution in [0.25, 0.3) is 0 Å². The predicted molar refractivity (Wildman–Crippen MR) is 102 cm³/mol. The van der Waals surface area contributed by atoms with Crippen LogP contribution in [0.15, 0.2) is 40.1 Å². The van der Waals surface area contributed by atoms with Crippen LogP contribution in [0.1, 0.15) is 5.56 Å². The average Bonchev–Trinajstić information content (AvgIpc) is 3.39. The highest BCUT2D eigenvalue weighted by Crippen LogP contribution is 2.35. The van der Waals surface area contributed by atoms with Gasteiger partial charge in [0.1, 0.15) is 13.2 Å². The zero-order valence-electron chi connectivity index (χ0n) is 15.4. The lowest BCUT2D eigenvalue weighted by atomic mass is 10.1. The molecule has 0 amide bonds. The number of carbonyl (C=O) groups is 1. The van der Waals surface area contributed by atoms with Crippen molar-refractivity contribution in [2.75, 3.05) is 52.5 Å². The maximum atomic E-state index is 12.3. The first-order valence-electron chi connectivity index (χ1n) is 9.47. The van der Waals surface area contributed by atoms with Crippen LogP contribution in [-0.2, 0) is 9.53 Å². The number of hydrogen-bond acceptors (Lipinski definition) is 9.